The van der Waals surface area contributed by atoms with Gasteiger partial charge in [-0.3, -0.25) is 14.5 Å². The van der Waals surface area contributed by atoms with E-state index in [9.17, 15) is 22.8 Å². The lowest BCUT2D eigenvalue weighted by Crippen LogP contribution is -2.32. The van der Waals surface area contributed by atoms with E-state index in [2.05, 4.69) is 15.4 Å². The zero-order valence-corrected chi connectivity index (χ0v) is 21.5. The maximum Gasteiger partial charge on any atom is 0.435 e. The molecule has 1 unspecified atom stereocenters. The van der Waals surface area contributed by atoms with Gasteiger partial charge in [0.05, 0.1) is 11.6 Å². The number of hydrogen-bond acceptors (Lipinski definition) is 4. The highest BCUT2D eigenvalue weighted by Crippen LogP contribution is 2.33. The fourth-order valence-corrected chi connectivity index (χ4v) is 3.93. The largest absolute Gasteiger partial charge is 0.435 e. The number of pyridine rings is 1. The van der Waals surface area contributed by atoms with Crippen molar-refractivity contribution in [2.75, 3.05) is 17.3 Å². The Hall–Kier alpha value is -3.89. The van der Waals surface area contributed by atoms with Crippen molar-refractivity contribution in [3.05, 3.63) is 99.8 Å². The molecular formula is C26H20Cl2F3N5O2. The van der Waals surface area contributed by atoms with Crippen molar-refractivity contribution in [3.8, 4) is 5.69 Å². The molecular weight excluding hydrogens is 542 g/mol. The molecule has 2 heterocycles. The van der Waals surface area contributed by atoms with Crippen LogP contribution >= 0.6 is 23.2 Å². The Morgan fingerprint density at radius 3 is 2.32 bits per heavy atom. The number of nitrogens with zero attached hydrogens (tertiary/aromatic N) is 4. The molecule has 1 N–H and O–H groups in total. The molecule has 2 amide bonds. The standard InChI is InChI=1S/C26H20Cl2F3N5O2/c1-15(17-8-11-22(32-14-17)33-24(37)16-6-9-18(27)10-7-16)25(38)35(2)23-13-21(26(29,30)31)34-36(23)20-5-3-4-19(28)12-20/h3-15H,1-2H3,(H,32,33,37). The number of anilines is 2. The molecule has 12 heteroatoms. The van der Waals surface area contributed by atoms with Gasteiger partial charge in [-0.1, -0.05) is 35.3 Å². The third-order valence-corrected chi connectivity index (χ3v) is 6.20. The van der Waals surface area contributed by atoms with Gasteiger partial charge in [0, 0.05) is 34.9 Å². The minimum absolute atomic E-state index is 0.0868. The van der Waals surface area contributed by atoms with Crippen molar-refractivity contribution in [2.45, 2.75) is 19.0 Å². The zero-order valence-electron chi connectivity index (χ0n) is 20.0. The summed E-state index contributed by atoms with van der Waals surface area (Å²) in [6.07, 6.45) is -3.30. The first-order valence-corrected chi connectivity index (χ1v) is 11.9. The van der Waals surface area contributed by atoms with E-state index in [0.717, 1.165) is 15.6 Å². The third kappa shape index (κ3) is 5.98. The van der Waals surface area contributed by atoms with E-state index in [-0.39, 0.29) is 23.2 Å². The van der Waals surface area contributed by atoms with E-state index in [1.54, 1.807) is 49.4 Å². The zero-order chi connectivity index (χ0) is 27.6. The van der Waals surface area contributed by atoms with Crippen LogP contribution in [0.4, 0.5) is 24.8 Å². The number of carbonyl (C=O) groups excluding carboxylic acids is 2. The Morgan fingerprint density at radius 2 is 1.71 bits per heavy atom. The van der Waals surface area contributed by atoms with Gasteiger partial charge >= 0.3 is 6.18 Å². The average Bonchev–Trinajstić information content (AvgIpc) is 3.35. The number of nitrogens with one attached hydrogen (secondary N) is 1. The lowest BCUT2D eigenvalue weighted by atomic mass is 10.0. The van der Waals surface area contributed by atoms with Crippen LogP contribution in [0.15, 0.2) is 72.9 Å². The molecule has 0 saturated carbocycles. The smallest absolute Gasteiger partial charge is 0.307 e. The molecule has 0 aliphatic rings. The molecule has 0 radical (unpaired) electrons. The number of likely N-dealkylation sites (N-methyl/N-ethyl adjacent to an activating group) is 1. The molecule has 0 saturated heterocycles. The summed E-state index contributed by atoms with van der Waals surface area (Å²) < 4.78 is 41.4. The van der Waals surface area contributed by atoms with Crippen LogP contribution < -0.4 is 10.2 Å². The highest BCUT2D eigenvalue weighted by atomic mass is 35.5. The SMILES string of the molecule is CC(C(=O)N(C)c1cc(C(F)(F)F)nn1-c1cccc(Cl)c1)c1ccc(NC(=O)c2ccc(Cl)cc2)nc1. The highest BCUT2D eigenvalue weighted by Gasteiger charge is 2.36. The van der Waals surface area contributed by atoms with Crippen LogP contribution in [0.3, 0.4) is 0 Å². The summed E-state index contributed by atoms with van der Waals surface area (Å²) in [7, 11) is 1.37. The first-order valence-electron chi connectivity index (χ1n) is 11.2. The summed E-state index contributed by atoms with van der Waals surface area (Å²) in [5.74, 6) is -1.49. The average molecular weight is 562 g/mol. The fourth-order valence-electron chi connectivity index (χ4n) is 3.62. The topological polar surface area (TPSA) is 80.1 Å². The van der Waals surface area contributed by atoms with Crippen LogP contribution in [0.25, 0.3) is 5.69 Å². The third-order valence-electron chi connectivity index (χ3n) is 5.71. The Bertz CT molecular complexity index is 1470. The highest BCUT2D eigenvalue weighted by molar-refractivity contribution is 6.31. The van der Waals surface area contributed by atoms with E-state index in [1.165, 1.54) is 31.4 Å². The molecule has 0 aliphatic heterocycles. The minimum atomic E-state index is -4.72. The van der Waals surface area contributed by atoms with Crippen molar-refractivity contribution in [3.63, 3.8) is 0 Å². The molecule has 0 aliphatic carbocycles. The lowest BCUT2D eigenvalue weighted by Gasteiger charge is -2.22. The maximum atomic E-state index is 13.5. The van der Waals surface area contributed by atoms with Gasteiger partial charge in [0.25, 0.3) is 5.91 Å². The minimum Gasteiger partial charge on any atom is -0.307 e. The monoisotopic (exact) mass is 561 g/mol. The summed E-state index contributed by atoms with van der Waals surface area (Å²) in [5.41, 5.74) is -0.00354. The molecule has 2 aromatic heterocycles. The number of benzene rings is 2. The van der Waals surface area contributed by atoms with Crippen LogP contribution in [-0.4, -0.2) is 33.6 Å². The Morgan fingerprint density at radius 1 is 1.00 bits per heavy atom. The van der Waals surface area contributed by atoms with Gasteiger partial charge in [-0.25, -0.2) is 9.67 Å². The van der Waals surface area contributed by atoms with E-state index in [1.807, 2.05) is 0 Å². The Balaban J connectivity index is 1.55. The van der Waals surface area contributed by atoms with Crippen molar-refractivity contribution < 1.29 is 22.8 Å². The van der Waals surface area contributed by atoms with Crippen molar-refractivity contribution >= 4 is 46.7 Å². The maximum absolute atomic E-state index is 13.5. The second kappa shape index (κ2) is 10.8. The van der Waals surface area contributed by atoms with E-state index in [4.69, 9.17) is 23.2 Å². The lowest BCUT2D eigenvalue weighted by molar-refractivity contribution is -0.141. The molecule has 196 valence electrons. The molecule has 0 spiro atoms. The number of hydrogen-bond donors (Lipinski definition) is 1. The van der Waals surface area contributed by atoms with Gasteiger partial charge in [0.1, 0.15) is 11.6 Å². The molecule has 1 atom stereocenters. The van der Waals surface area contributed by atoms with Crippen LogP contribution in [0.5, 0.6) is 0 Å². The van der Waals surface area contributed by atoms with Gasteiger partial charge in [0.2, 0.25) is 5.91 Å². The van der Waals surface area contributed by atoms with Crippen LogP contribution in [0.2, 0.25) is 10.0 Å². The number of amides is 2. The van der Waals surface area contributed by atoms with E-state index < -0.39 is 23.7 Å². The van der Waals surface area contributed by atoms with Crippen molar-refractivity contribution in [1.29, 1.82) is 0 Å². The quantitative estimate of drug-likeness (QED) is 0.287. The summed E-state index contributed by atoms with van der Waals surface area (Å²) >= 11 is 11.9. The van der Waals surface area contributed by atoms with Gasteiger partial charge in [-0.2, -0.15) is 18.3 Å². The fraction of sp³-hybridized carbons (Fsp3) is 0.154. The Kier molecular flexibility index (Phi) is 7.75. The summed E-state index contributed by atoms with van der Waals surface area (Å²) in [6.45, 7) is 1.60. The predicted octanol–water partition coefficient (Wildman–Crippen LogP) is 6.61. The van der Waals surface area contributed by atoms with Gasteiger partial charge in [-0.15, -0.1) is 0 Å². The van der Waals surface area contributed by atoms with Crippen molar-refractivity contribution in [2.24, 2.45) is 0 Å². The van der Waals surface area contributed by atoms with Gasteiger partial charge in [-0.05, 0) is 61.0 Å². The molecule has 7 nitrogen and oxygen atoms in total. The molecule has 4 rings (SSSR count). The Labute approximate surface area is 225 Å². The second-order valence-electron chi connectivity index (χ2n) is 8.33. The first-order chi connectivity index (χ1) is 17.9. The van der Waals surface area contributed by atoms with E-state index in [0.29, 0.717) is 21.2 Å². The molecule has 4 aromatic rings. The van der Waals surface area contributed by atoms with Crippen LogP contribution in [0.1, 0.15) is 34.5 Å². The number of halogens is 5. The normalized spacial score (nSPS) is 12.2. The number of alkyl halides is 3. The van der Waals surface area contributed by atoms with Crippen LogP contribution in [-0.2, 0) is 11.0 Å². The summed E-state index contributed by atoms with van der Waals surface area (Å²) in [6, 6.07) is 16.4. The van der Waals surface area contributed by atoms with Gasteiger partial charge in [0.15, 0.2) is 5.69 Å². The second-order valence-corrected chi connectivity index (χ2v) is 9.21. The molecule has 0 fully saturated rings. The van der Waals surface area contributed by atoms with Gasteiger partial charge < -0.3 is 5.32 Å². The summed E-state index contributed by atoms with van der Waals surface area (Å²) in [5, 5.41) is 7.13. The van der Waals surface area contributed by atoms with Crippen LogP contribution in [0, 0.1) is 0 Å². The predicted molar refractivity (Wildman–Crippen MR) is 139 cm³/mol. The molecule has 0 bridgehead atoms. The molecule has 38 heavy (non-hydrogen) atoms. The summed E-state index contributed by atoms with van der Waals surface area (Å²) in [4.78, 5) is 31.0. The molecule has 2 aromatic carbocycles. The van der Waals surface area contributed by atoms with Crippen molar-refractivity contribution in [1.82, 2.24) is 14.8 Å². The number of rotatable bonds is 6. The number of carbonyl (C=O) groups is 2. The first kappa shape index (κ1) is 27.2. The number of aromatic nitrogens is 3. The van der Waals surface area contributed by atoms with E-state index >= 15 is 0 Å².